The zero-order valence-electron chi connectivity index (χ0n) is 21.3. The number of rotatable bonds is 7. The molecule has 0 aliphatic carbocycles. The van der Waals surface area contributed by atoms with Crippen LogP contribution in [0.15, 0.2) is 67.0 Å². The lowest BCUT2D eigenvalue weighted by Crippen LogP contribution is -2.38. The highest BCUT2D eigenvalue weighted by atomic mass is 35.5. The Hall–Kier alpha value is -2.97. The lowest BCUT2D eigenvalue weighted by molar-refractivity contribution is 0.0714. The lowest BCUT2D eigenvalue weighted by atomic mass is 9.88. The van der Waals surface area contributed by atoms with Crippen molar-refractivity contribution in [1.29, 1.82) is 0 Å². The minimum atomic E-state index is -0.196. The number of methoxy groups -OCH3 is 1. The van der Waals surface area contributed by atoms with Crippen LogP contribution in [-0.4, -0.2) is 47.2 Å². The zero-order chi connectivity index (χ0) is 25.1. The van der Waals surface area contributed by atoms with Crippen LogP contribution in [-0.2, 0) is 17.8 Å². The number of hydrogen-bond donors (Lipinski definition) is 1. The first-order chi connectivity index (χ1) is 17.6. The van der Waals surface area contributed by atoms with Gasteiger partial charge in [-0.05, 0) is 54.2 Å². The van der Waals surface area contributed by atoms with Gasteiger partial charge in [-0.3, -0.25) is 9.78 Å². The van der Waals surface area contributed by atoms with Gasteiger partial charge in [0.05, 0.1) is 17.9 Å². The van der Waals surface area contributed by atoms with Crippen molar-refractivity contribution in [1.82, 2.24) is 14.5 Å². The van der Waals surface area contributed by atoms with Gasteiger partial charge >= 0.3 is 0 Å². The van der Waals surface area contributed by atoms with Gasteiger partial charge in [0.1, 0.15) is 5.82 Å². The van der Waals surface area contributed by atoms with Crippen LogP contribution < -0.4 is 5.73 Å². The minimum Gasteiger partial charge on any atom is -0.383 e. The normalized spacial score (nSPS) is 13.7. The number of hydrogen-bond acceptors (Lipinski definition) is 4. The quantitative estimate of drug-likeness (QED) is 0.310. The van der Waals surface area contributed by atoms with Crippen LogP contribution >= 0.6 is 24.8 Å². The summed E-state index contributed by atoms with van der Waals surface area (Å²) in [5.74, 6) is -0.125. The molecule has 6 nitrogen and oxygen atoms in total. The van der Waals surface area contributed by atoms with E-state index in [4.69, 9.17) is 10.5 Å². The number of fused-ring (bicyclic) bond motifs is 1. The fourth-order valence-corrected chi connectivity index (χ4v) is 5.22. The second-order valence-corrected chi connectivity index (χ2v) is 9.27. The molecule has 0 saturated carbocycles. The highest BCUT2D eigenvalue weighted by Gasteiger charge is 2.29. The summed E-state index contributed by atoms with van der Waals surface area (Å²) in [6.07, 6.45) is 5.13. The van der Waals surface area contributed by atoms with E-state index in [-0.39, 0.29) is 42.5 Å². The molecule has 1 amide bonds. The number of aromatic nitrogens is 2. The predicted molar refractivity (Wildman–Crippen MR) is 154 cm³/mol. The van der Waals surface area contributed by atoms with E-state index in [2.05, 4.69) is 9.55 Å². The van der Waals surface area contributed by atoms with E-state index in [9.17, 15) is 9.18 Å². The number of ether oxygens (including phenoxy) is 1. The van der Waals surface area contributed by atoms with Gasteiger partial charge in [-0.15, -0.1) is 24.8 Å². The molecule has 3 heterocycles. The summed E-state index contributed by atoms with van der Waals surface area (Å²) in [5.41, 5.74) is 10.8. The standard InChI is InChI=1S/C29H31FN4O2.2ClH/c1-36-16-15-34-19-24(28-22(5-4-7-27(28)34)26-6-2-3-12-32-26)29(35)33-13-10-21(11-14-33)23-17-20(18-31)8-9-25(23)30;;/h2-9,12,17,19,21H,10-11,13-16,18,31H2,1H3;2*1H. The number of nitrogens with zero attached hydrogens (tertiary/aromatic N) is 3. The van der Waals surface area contributed by atoms with Crippen LogP contribution in [0.1, 0.15) is 40.2 Å². The largest absolute Gasteiger partial charge is 0.383 e. The molecule has 1 aliphatic rings. The summed E-state index contributed by atoms with van der Waals surface area (Å²) in [6, 6.07) is 17.0. The fourth-order valence-electron chi connectivity index (χ4n) is 5.22. The van der Waals surface area contributed by atoms with Crippen molar-refractivity contribution in [3.05, 3.63) is 89.5 Å². The van der Waals surface area contributed by atoms with Crippen molar-refractivity contribution < 1.29 is 13.9 Å². The van der Waals surface area contributed by atoms with Gasteiger partial charge in [0.25, 0.3) is 5.91 Å². The van der Waals surface area contributed by atoms with Gasteiger partial charge in [0, 0.05) is 62.1 Å². The molecule has 1 saturated heterocycles. The molecule has 0 bridgehead atoms. The monoisotopic (exact) mass is 558 g/mol. The summed E-state index contributed by atoms with van der Waals surface area (Å²) >= 11 is 0. The molecule has 0 radical (unpaired) electrons. The molecule has 2 aromatic carbocycles. The summed E-state index contributed by atoms with van der Waals surface area (Å²) < 4.78 is 21.9. The number of nitrogens with two attached hydrogens (primary N) is 1. The molecular formula is C29H33Cl2FN4O2. The molecular weight excluding hydrogens is 526 g/mol. The van der Waals surface area contributed by atoms with Crippen molar-refractivity contribution in [2.75, 3.05) is 26.8 Å². The van der Waals surface area contributed by atoms with Crippen LogP contribution in [0.5, 0.6) is 0 Å². The Balaban J connectivity index is 0.00000200. The van der Waals surface area contributed by atoms with Gasteiger partial charge in [-0.1, -0.05) is 30.3 Å². The number of likely N-dealkylation sites (tertiary alicyclic amines) is 1. The van der Waals surface area contributed by atoms with Gasteiger partial charge in [0.15, 0.2) is 0 Å². The Kier molecular flexibility index (Phi) is 10.3. The smallest absolute Gasteiger partial charge is 0.256 e. The van der Waals surface area contributed by atoms with E-state index in [0.29, 0.717) is 56.8 Å². The molecule has 38 heavy (non-hydrogen) atoms. The van der Waals surface area contributed by atoms with Crippen molar-refractivity contribution in [3.8, 4) is 11.3 Å². The van der Waals surface area contributed by atoms with E-state index in [1.165, 1.54) is 6.07 Å². The Bertz CT molecular complexity index is 1370. The Morgan fingerprint density at radius 3 is 2.58 bits per heavy atom. The highest BCUT2D eigenvalue weighted by Crippen LogP contribution is 2.35. The molecule has 0 unspecified atom stereocenters. The average molecular weight is 560 g/mol. The molecule has 202 valence electrons. The van der Waals surface area contributed by atoms with Crippen LogP contribution in [0.25, 0.3) is 22.2 Å². The van der Waals surface area contributed by atoms with Gasteiger partial charge in [-0.2, -0.15) is 0 Å². The summed E-state index contributed by atoms with van der Waals surface area (Å²) in [7, 11) is 1.67. The first-order valence-electron chi connectivity index (χ1n) is 12.4. The Labute approximate surface area is 234 Å². The van der Waals surface area contributed by atoms with Crippen molar-refractivity contribution >= 4 is 41.6 Å². The van der Waals surface area contributed by atoms with Crippen LogP contribution in [0.3, 0.4) is 0 Å². The molecule has 9 heteroatoms. The fraction of sp³-hybridized carbons (Fsp3) is 0.310. The Morgan fingerprint density at radius 2 is 1.89 bits per heavy atom. The summed E-state index contributed by atoms with van der Waals surface area (Å²) in [4.78, 5) is 20.3. The van der Waals surface area contributed by atoms with Gasteiger partial charge in [-0.25, -0.2) is 4.39 Å². The molecule has 1 aliphatic heterocycles. The van der Waals surface area contributed by atoms with Crippen molar-refractivity contribution in [3.63, 3.8) is 0 Å². The molecule has 2 aromatic heterocycles. The summed E-state index contributed by atoms with van der Waals surface area (Å²) in [6.45, 7) is 2.73. The third kappa shape index (κ3) is 5.86. The highest BCUT2D eigenvalue weighted by molar-refractivity contribution is 6.12. The van der Waals surface area contributed by atoms with E-state index in [1.807, 2.05) is 53.6 Å². The van der Waals surface area contributed by atoms with E-state index < -0.39 is 0 Å². The number of pyridine rings is 1. The van der Waals surface area contributed by atoms with Crippen molar-refractivity contribution in [2.45, 2.75) is 31.8 Å². The van der Waals surface area contributed by atoms with Crippen LogP contribution in [0.4, 0.5) is 4.39 Å². The molecule has 4 aromatic rings. The minimum absolute atomic E-state index is 0. The molecule has 2 N–H and O–H groups in total. The SMILES string of the molecule is COCCn1cc(C(=O)N2CCC(c3cc(CN)ccc3F)CC2)c2c(-c3ccccn3)cccc21.Cl.Cl. The number of carbonyl (C=O) groups excluding carboxylic acids is 1. The maximum atomic E-state index is 14.6. The second-order valence-electron chi connectivity index (χ2n) is 9.27. The lowest BCUT2D eigenvalue weighted by Gasteiger charge is -2.32. The molecule has 5 rings (SSSR count). The Morgan fingerprint density at radius 1 is 1.11 bits per heavy atom. The number of benzene rings is 2. The first-order valence-corrected chi connectivity index (χ1v) is 12.4. The van der Waals surface area contributed by atoms with E-state index in [1.54, 1.807) is 19.4 Å². The van der Waals surface area contributed by atoms with Gasteiger partial charge < -0.3 is 19.9 Å². The summed E-state index contributed by atoms with van der Waals surface area (Å²) in [5, 5.41) is 0.904. The number of piperidine rings is 1. The average Bonchev–Trinajstić information content (AvgIpc) is 3.31. The second kappa shape index (κ2) is 13.2. The maximum Gasteiger partial charge on any atom is 0.256 e. The molecule has 0 atom stereocenters. The third-order valence-electron chi connectivity index (χ3n) is 7.13. The van der Waals surface area contributed by atoms with Crippen molar-refractivity contribution in [2.24, 2.45) is 5.73 Å². The van der Waals surface area contributed by atoms with E-state index in [0.717, 1.165) is 27.7 Å². The first kappa shape index (κ1) is 29.6. The van der Waals surface area contributed by atoms with Crippen LogP contribution in [0.2, 0.25) is 0 Å². The maximum absolute atomic E-state index is 14.6. The van der Waals surface area contributed by atoms with Gasteiger partial charge in [0.2, 0.25) is 0 Å². The molecule has 0 spiro atoms. The number of carbonyl (C=O) groups is 1. The predicted octanol–water partition coefficient (Wildman–Crippen LogP) is 5.81. The topological polar surface area (TPSA) is 73.4 Å². The number of halogens is 3. The molecule has 1 fully saturated rings. The van der Waals surface area contributed by atoms with Crippen LogP contribution in [0, 0.1) is 5.82 Å². The zero-order valence-corrected chi connectivity index (χ0v) is 22.9. The third-order valence-corrected chi connectivity index (χ3v) is 7.13. The number of amides is 1. The van der Waals surface area contributed by atoms with E-state index >= 15 is 0 Å².